The summed E-state index contributed by atoms with van der Waals surface area (Å²) in [5, 5.41) is 0. The molecule has 0 aliphatic heterocycles. The molecule has 119 valence electrons. The first kappa shape index (κ1) is 22.1. The van der Waals surface area contributed by atoms with Gasteiger partial charge in [0.1, 0.15) is 0 Å². The van der Waals surface area contributed by atoms with E-state index in [9.17, 15) is 0 Å². The molecule has 1 atom stereocenters. The molecule has 0 aromatic rings. The van der Waals surface area contributed by atoms with Gasteiger partial charge in [0.2, 0.25) is 0 Å². The van der Waals surface area contributed by atoms with Gasteiger partial charge in [-0.3, -0.25) is 0 Å². The molecule has 5 heteroatoms. The van der Waals surface area contributed by atoms with Gasteiger partial charge in [0, 0.05) is 0 Å². The summed E-state index contributed by atoms with van der Waals surface area (Å²) in [6, 6.07) is 0. The monoisotopic (exact) mass is 430 g/mol. The minimum absolute atomic E-state index is 0. The van der Waals surface area contributed by atoms with Gasteiger partial charge < -0.3 is 24.8 Å². The Bertz CT molecular complexity index is 457. The number of hydrogen-bond acceptors (Lipinski definition) is 1. The fourth-order valence-electron chi connectivity index (χ4n) is 2.94. The van der Waals surface area contributed by atoms with Gasteiger partial charge in [-0.2, -0.15) is 0 Å². The number of hydrogen-bond donors (Lipinski definition) is 0. The molecule has 0 fully saturated rings. The van der Waals surface area contributed by atoms with Crippen molar-refractivity contribution in [3.05, 3.63) is 68.3 Å². The van der Waals surface area contributed by atoms with Crippen molar-refractivity contribution in [1.29, 1.82) is 0 Å². The molecule has 22 heavy (non-hydrogen) atoms. The first-order chi connectivity index (χ1) is 9.77. The Morgan fingerprint density at radius 1 is 1.05 bits per heavy atom. The predicted octanol–water partition coefficient (Wildman–Crippen LogP) is -2.18. The fourth-order valence-corrected chi connectivity index (χ4v) is 24.0. The van der Waals surface area contributed by atoms with Crippen LogP contribution in [0, 0.1) is 0 Å². The van der Waals surface area contributed by atoms with Crippen LogP contribution < -0.4 is 24.8 Å². The van der Waals surface area contributed by atoms with E-state index in [1.807, 2.05) is 0 Å². The van der Waals surface area contributed by atoms with E-state index in [-0.39, 0.29) is 24.8 Å². The average Bonchev–Trinajstić information content (AvgIpc) is 3.12. The van der Waals surface area contributed by atoms with Crippen LogP contribution in [0.1, 0.15) is 12.8 Å². The summed E-state index contributed by atoms with van der Waals surface area (Å²) in [6.07, 6.45) is 19.6. The van der Waals surface area contributed by atoms with E-state index in [0.29, 0.717) is 0 Å². The minimum atomic E-state index is -1.66. The molecule has 0 N–H and O–H groups in total. The minimum Gasteiger partial charge on any atom is -1.00 e. The zero-order valence-corrected chi connectivity index (χ0v) is 18.3. The molecule has 0 bridgehead atoms. The molecule has 0 heterocycles. The van der Waals surface area contributed by atoms with E-state index in [1.54, 1.807) is 6.56 Å². The summed E-state index contributed by atoms with van der Waals surface area (Å²) in [5.41, 5.74) is 0. The van der Waals surface area contributed by atoms with Crippen LogP contribution in [0.4, 0.5) is 0 Å². The average molecular weight is 433 g/mol. The van der Waals surface area contributed by atoms with E-state index < -0.39 is 27.0 Å². The van der Waals surface area contributed by atoms with Gasteiger partial charge in [-0.15, -0.1) is 0 Å². The zero-order chi connectivity index (χ0) is 14.4. The van der Waals surface area contributed by atoms with E-state index in [0.717, 1.165) is 13.1 Å². The first-order valence-corrected chi connectivity index (χ1v) is 16.3. The van der Waals surface area contributed by atoms with Crippen molar-refractivity contribution in [3.63, 3.8) is 0 Å². The molecule has 2 rings (SSSR count). The predicted molar refractivity (Wildman–Crippen MR) is 88.7 cm³/mol. The Labute approximate surface area is 156 Å². The zero-order valence-electron chi connectivity index (χ0n) is 13.1. The topological polar surface area (TPSA) is 3.24 Å². The largest absolute Gasteiger partial charge is 1.00 e. The number of halogens is 2. The van der Waals surface area contributed by atoms with Gasteiger partial charge in [0.25, 0.3) is 0 Å². The smallest absolute Gasteiger partial charge is 1.00 e. The van der Waals surface area contributed by atoms with Crippen LogP contribution in [-0.4, -0.2) is 23.7 Å². The number of allylic oxidation sites excluding steroid dienone is 8. The third kappa shape index (κ3) is 5.62. The fraction of sp³-hybridized carbons (Fsp3) is 0.294. The first-order valence-electron chi connectivity index (χ1n) is 7.32. The molecule has 0 aromatic carbocycles. The molecule has 0 aromatic heterocycles. The SMILES string of the molecule is C=CCN(CC=C)[SiH](C)[Zr+2]([C]1=CC=CC1)[C]1=CC=CC1.[Cl-].[Cl-]. The molecule has 0 saturated heterocycles. The summed E-state index contributed by atoms with van der Waals surface area (Å²) in [6.45, 7) is 12.5. The summed E-state index contributed by atoms with van der Waals surface area (Å²) >= 11 is -1.66. The van der Waals surface area contributed by atoms with E-state index >= 15 is 0 Å². The molecular weight excluding hydrogens is 408 g/mol. The number of rotatable bonds is 8. The van der Waals surface area contributed by atoms with Crippen LogP contribution in [0.2, 0.25) is 6.55 Å². The molecule has 0 saturated carbocycles. The van der Waals surface area contributed by atoms with Crippen LogP contribution >= 0.6 is 0 Å². The maximum atomic E-state index is 3.93. The second kappa shape index (κ2) is 11.6. The van der Waals surface area contributed by atoms with Crippen LogP contribution in [0.15, 0.2) is 68.3 Å². The van der Waals surface area contributed by atoms with Crippen molar-refractivity contribution >= 4 is 6.08 Å². The maximum absolute atomic E-state index is 3.93. The molecule has 1 unspecified atom stereocenters. The van der Waals surface area contributed by atoms with Gasteiger partial charge >= 0.3 is 132 Å². The van der Waals surface area contributed by atoms with Gasteiger partial charge in [-0.1, -0.05) is 0 Å². The van der Waals surface area contributed by atoms with Crippen molar-refractivity contribution in [1.82, 2.24) is 4.57 Å². The van der Waals surface area contributed by atoms with Gasteiger partial charge in [0.05, 0.1) is 0 Å². The normalized spacial score (nSPS) is 16.5. The van der Waals surface area contributed by atoms with Gasteiger partial charge in [-0.05, 0) is 0 Å². The Morgan fingerprint density at radius 2 is 1.50 bits per heavy atom. The number of nitrogens with zero attached hydrogens (tertiary/aromatic N) is 1. The van der Waals surface area contributed by atoms with Crippen molar-refractivity contribution in [2.24, 2.45) is 0 Å². The van der Waals surface area contributed by atoms with Gasteiger partial charge in [-0.25, -0.2) is 0 Å². The second-order valence-electron chi connectivity index (χ2n) is 5.27. The molecule has 0 spiro atoms. The van der Waals surface area contributed by atoms with Gasteiger partial charge in [0.15, 0.2) is 0 Å². The Balaban J connectivity index is 0.00000220. The molecular formula is C17H24Cl2NSiZr. The molecule has 2 aliphatic carbocycles. The third-order valence-electron chi connectivity index (χ3n) is 3.93. The summed E-state index contributed by atoms with van der Waals surface area (Å²) in [4.78, 5) is 0. The van der Waals surface area contributed by atoms with E-state index in [1.165, 1.54) is 12.8 Å². The quantitative estimate of drug-likeness (QED) is 0.312. The Kier molecular flexibility index (Phi) is 11.6. The molecule has 2 aliphatic rings. The molecule has 1 nitrogen and oxygen atoms in total. The third-order valence-corrected chi connectivity index (χ3v) is 24.7. The summed E-state index contributed by atoms with van der Waals surface area (Å²) < 4.78 is 6.26. The summed E-state index contributed by atoms with van der Waals surface area (Å²) in [7, 11) is 0. The maximum Gasteiger partial charge on any atom is -1.00 e. The molecule has 0 radical (unpaired) electrons. The van der Waals surface area contributed by atoms with Crippen molar-refractivity contribution < 1.29 is 45.7 Å². The summed E-state index contributed by atoms with van der Waals surface area (Å²) in [5.74, 6) is 0. The van der Waals surface area contributed by atoms with Crippen molar-refractivity contribution in [2.45, 2.75) is 19.4 Å². The van der Waals surface area contributed by atoms with Crippen LogP contribution in [0.3, 0.4) is 0 Å². The molecule has 0 amide bonds. The van der Waals surface area contributed by atoms with E-state index in [4.69, 9.17) is 0 Å². The van der Waals surface area contributed by atoms with E-state index in [2.05, 4.69) is 72.9 Å². The van der Waals surface area contributed by atoms with Crippen LogP contribution in [-0.2, 0) is 20.9 Å². The Hall–Kier alpha value is 0.0800. The van der Waals surface area contributed by atoms with Crippen LogP contribution in [0.25, 0.3) is 0 Å². The standard InChI is InChI=1S/C7H14NSi.2C5H5.2ClH.Zr/c1-4-6-8(9-3)7-5-2;2*1-2-4-5-3-1;;;/h4-5,9H,1-2,6-7H2,3H3;2*1-3H,4H2;2*1H;/q;;;;;+2/p-2. The second-order valence-corrected chi connectivity index (χ2v) is 22.1. The van der Waals surface area contributed by atoms with Crippen molar-refractivity contribution in [3.8, 4) is 0 Å². The van der Waals surface area contributed by atoms with Crippen LogP contribution in [0.5, 0.6) is 0 Å². The Morgan fingerprint density at radius 3 is 1.82 bits per heavy atom. The van der Waals surface area contributed by atoms with Crippen molar-refractivity contribution in [2.75, 3.05) is 13.1 Å².